The number of benzene rings is 1. The van der Waals surface area contributed by atoms with Gasteiger partial charge in [0.15, 0.2) is 0 Å². The standard InChI is InChI=1S/C20H19N3O4/c24-21-16-13-17(18-8-4-10-26-18)23(22-25)20(19-9-5-11-27-19)15(16)12-14-6-2-1-3-7-14/h1-11,15,17,20,24H,12-13H2/b21-16+. The van der Waals surface area contributed by atoms with Crippen molar-refractivity contribution in [2.45, 2.75) is 24.9 Å². The molecule has 0 saturated carbocycles. The molecule has 3 aromatic rings. The number of furan rings is 2. The molecular formula is C20H19N3O4. The summed E-state index contributed by atoms with van der Waals surface area (Å²) in [6.45, 7) is 0. The first-order valence-corrected chi connectivity index (χ1v) is 8.75. The Morgan fingerprint density at radius 2 is 1.70 bits per heavy atom. The zero-order chi connectivity index (χ0) is 18.6. The van der Waals surface area contributed by atoms with Gasteiger partial charge >= 0.3 is 0 Å². The van der Waals surface area contributed by atoms with Crippen LogP contribution in [-0.4, -0.2) is 15.9 Å². The molecule has 1 aromatic carbocycles. The highest BCUT2D eigenvalue weighted by molar-refractivity contribution is 5.88. The van der Waals surface area contributed by atoms with Gasteiger partial charge in [0.05, 0.1) is 23.5 Å². The third-order valence-corrected chi connectivity index (χ3v) is 5.04. The van der Waals surface area contributed by atoms with Gasteiger partial charge in [-0.2, -0.15) is 0 Å². The number of nitrogens with zero attached hydrogens (tertiary/aromatic N) is 3. The highest BCUT2D eigenvalue weighted by Crippen LogP contribution is 2.45. The molecule has 1 fully saturated rings. The second-order valence-electron chi connectivity index (χ2n) is 6.54. The lowest BCUT2D eigenvalue weighted by Crippen LogP contribution is -2.43. The van der Waals surface area contributed by atoms with Gasteiger partial charge in [-0.3, -0.25) is 0 Å². The van der Waals surface area contributed by atoms with Gasteiger partial charge < -0.3 is 14.0 Å². The lowest BCUT2D eigenvalue weighted by atomic mass is 9.79. The van der Waals surface area contributed by atoms with E-state index in [0.29, 0.717) is 30.1 Å². The minimum atomic E-state index is -0.507. The largest absolute Gasteiger partial charge is 0.467 e. The Bertz CT molecular complexity index is 891. The summed E-state index contributed by atoms with van der Waals surface area (Å²) < 4.78 is 11.1. The molecule has 0 amide bonds. The van der Waals surface area contributed by atoms with E-state index in [9.17, 15) is 10.1 Å². The van der Waals surface area contributed by atoms with Crippen LogP contribution in [0.3, 0.4) is 0 Å². The Morgan fingerprint density at radius 1 is 1.00 bits per heavy atom. The topological polar surface area (TPSA) is 91.5 Å². The molecule has 4 rings (SSSR count). The predicted molar refractivity (Wildman–Crippen MR) is 98.0 cm³/mol. The first-order chi connectivity index (χ1) is 13.3. The van der Waals surface area contributed by atoms with Crippen LogP contribution in [0, 0.1) is 10.8 Å². The lowest BCUT2D eigenvalue weighted by Gasteiger charge is -2.41. The van der Waals surface area contributed by atoms with Gasteiger partial charge in [-0.05, 0) is 36.2 Å². The molecule has 1 aliphatic rings. The summed E-state index contributed by atoms with van der Waals surface area (Å²) >= 11 is 0. The van der Waals surface area contributed by atoms with Gasteiger partial charge in [-0.25, -0.2) is 5.01 Å². The van der Waals surface area contributed by atoms with E-state index in [2.05, 4.69) is 10.4 Å². The molecule has 0 radical (unpaired) electrons. The van der Waals surface area contributed by atoms with Crippen LogP contribution in [0.25, 0.3) is 0 Å². The van der Waals surface area contributed by atoms with E-state index in [0.717, 1.165) is 5.56 Å². The SMILES string of the molecule is O=NN1C(c2ccco2)C/C(=N\O)C(Cc2ccccc2)C1c1ccco1. The summed E-state index contributed by atoms with van der Waals surface area (Å²) in [5.74, 6) is 0.908. The van der Waals surface area contributed by atoms with Gasteiger partial charge in [-0.15, -0.1) is 4.91 Å². The maximum atomic E-state index is 11.9. The summed E-state index contributed by atoms with van der Waals surface area (Å²) in [5, 5.41) is 18.1. The Balaban J connectivity index is 1.77. The fourth-order valence-corrected chi connectivity index (χ4v) is 3.82. The van der Waals surface area contributed by atoms with Gasteiger partial charge in [0.2, 0.25) is 0 Å². The molecule has 3 unspecified atom stereocenters. The van der Waals surface area contributed by atoms with Crippen LogP contribution in [0.15, 0.2) is 86.4 Å². The quantitative estimate of drug-likeness (QED) is 0.401. The fraction of sp³-hybridized carbons (Fsp3) is 0.250. The molecule has 1 aliphatic heterocycles. The third kappa shape index (κ3) is 3.23. The van der Waals surface area contributed by atoms with Crippen molar-refractivity contribution in [1.29, 1.82) is 0 Å². The third-order valence-electron chi connectivity index (χ3n) is 5.04. The summed E-state index contributed by atoms with van der Waals surface area (Å²) in [6, 6.07) is 16.0. The molecular weight excluding hydrogens is 346 g/mol. The Kier molecular flexibility index (Phi) is 4.74. The monoisotopic (exact) mass is 365 g/mol. The zero-order valence-corrected chi connectivity index (χ0v) is 14.5. The van der Waals surface area contributed by atoms with E-state index >= 15 is 0 Å². The van der Waals surface area contributed by atoms with Crippen molar-refractivity contribution in [3.05, 3.63) is 89.1 Å². The maximum absolute atomic E-state index is 11.9. The Hall–Kier alpha value is -3.35. The summed E-state index contributed by atoms with van der Waals surface area (Å²) in [4.78, 5) is 11.9. The van der Waals surface area contributed by atoms with E-state index in [4.69, 9.17) is 8.83 Å². The van der Waals surface area contributed by atoms with Crippen LogP contribution in [0.2, 0.25) is 0 Å². The van der Waals surface area contributed by atoms with Crippen molar-refractivity contribution >= 4 is 5.71 Å². The van der Waals surface area contributed by atoms with Crippen LogP contribution >= 0.6 is 0 Å². The smallest absolute Gasteiger partial charge is 0.128 e. The fourth-order valence-electron chi connectivity index (χ4n) is 3.82. The highest BCUT2D eigenvalue weighted by atomic mass is 16.4. The molecule has 0 bridgehead atoms. The van der Waals surface area contributed by atoms with Gasteiger partial charge in [-0.1, -0.05) is 35.5 Å². The summed E-state index contributed by atoms with van der Waals surface area (Å²) in [5.41, 5.74) is 1.66. The molecule has 7 heteroatoms. The van der Waals surface area contributed by atoms with Crippen molar-refractivity contribution in [3.63, 3.8) is 0 Å². The summed E-state index contributed by atoms with van der Waals surface area (Å²) in [6.07, 6.45) is 4.03. The molecule has 0 aliphatic carbocycles. The molecule has 2 aromatic heterocycles. The van der Waals surface area contributed by atoms with Crippen LogP contribution in [0.5, 0.6) is 0 Å². The van der Waals surface area contributed by atoms with Crippen LogP contribution in [0.1, 0.15) is 35.6 Å². The molecule has 27 heavy (non-hydrogen) atoms. The molecule has 1 N–H and O–H groups in total. The maximum Gasteiger partial charge on any atom is 0.128 e. The van der Waals surface area contributed by atoms with Crippen molar-refractivity contribution in [3.8, 4) is 0 Å². The zero-order valence-electron chi connectivity index (χ0n) is 14.5. The lowest BCUT2D eigenvalue weighted by molar-refractivity contribution is 0.0640. The predicted octanol–water partition coefficient (Wildman–Crippen LogP) is 4.73. The molecule has 3 atom stereocenters. The minimum Gasteiger partial charge on any atom is -0.467 e. The average Bonchev–Trinajstić information content (AvgIpc) is 3.42. The minimum absolute atomic E-state index is 0.271. The molecule has 3 heterocycles. The highest BCUT2D eigenvalue weighted by Gasteiger charge is 2.45. The Labute approximate surface area is 155 Å². The van der Waals surface area contributed by atoms with E-state index in [1.54, 1.807) is 36.8 Å². The number of oxime groups is 1. The van der Waals surface area contributed by atoms with Crippen molar-refractivity contribution in [2.24, 2.45) is 16.4 Å². The van der Waals surface area contributed by atoms with Crippen molar-refractivity contribution < 1.29 is 14.0 Å². The molecule has 138 valence electrons. The van der Waals surface area contributed by atoms with E-state index in [1.165, 1.54) is 5.01 Å². The van der Waals surface area contributed by atoms with Crippen LogP contribution in [0.4, 0.5) is 0 Å². The van der Waals surface area contributed by atoms with Crippen molar-refractivity contribution in [2.75, 3.05) is 0 Å². The Morgan fingerprint density at radius 3 is 2.30 bits per heavy atom. The number of rotatable bonds is 5. The number of hydrogen-bond donors (Lipinski definition) is 1. The number of hydrogen-bond acceptors (Lipinski definition) is 6. The second kappa shape index (κ2) is 7.49. The first kappa shape index (κ1) is 17.1. The van der Waals surface area contributed by atoms with Crippen LogP contribution < -0.4 is 0 Å². The van der Waals surface area contributed by atoms with E-state index in [1.807, 2.05) is 30.3 Å². The van der Waals surface area contributed by atoms with E-state index in [-0.39, 0.29) is 5.92 Å². The number of nitroso groups, excluding NO2 is 1. The van der Waals surface area contributed by atoms with Gasteiger partial charge in [0, 0.05) is 12.3 Å². The van der Waals surface area contributed by atoms with Gasteiger partial charge in [0.25, 0.3) is 0 Å². The van der Waals surface area contributed by atoms with E-state index < -0.39 is 12.1 Å². The average molecular weight is 365 g/mol. The first-order valence-electron chi connectivity index (χ1n) is 8.75. The normalized spacial score (nSPS) is 24.2. The van der Waals surface area contributed by atoms with Gasteiger partial charge in [0.1, 0.15) is 23.6 Å². The molecule has 1 saturated heterocycles. The number of piperidine rings is 1. The summed E-state index contributed by atoms with van der Waals surface area (Å²) in [7, 11) is 0. The van der Waals surface area contributed by atoms with Crippen molar-refractivity contribution in [1.82, 2.24) is 5.01 Å². The van der Waals surface area contributed by atoms with Crippen LogP contribution in [-0.2, 0) is 6.42 Å². The molecule has 7 nitrogen and oxygen atoms in total. The second-order valence-corrected chi connectivity index (χ2v) is 6.54. The molecule has 0 spiro atoms.